The Morgan fingerprint density at radius 2 is 1.69 bits per heavy atom. The number of hydrogen-bond acceptors (Lipinski definition) is 3. The van der Waals surface area contributed by atoms with Gasteiger partial charge in [-0.2, -0.15) is 0 Å². The van der Waals surface area contributed by atoms with Crippen molar-refractivity contribution in [2.75, 3.05) is 12.3 Å². The Bertz CT molecular complexity index is 788. The van der Waals surface area contributed by atoms with E-state index in [4.69, 9.17) is 0 Å². The van der Waals surface area contributed by atoms with E-state index < -0.39 is 6.04 Å². The average molecular weight is 413 g/mol. The van der Waals surface area contributed by atoms with Crippen molar-refractivity contribution in [3.63, 3.8) is 0 Å². The van der Waals surface area contributed by atoms with Gasteiger partial charge in [-0.05, 0) is 38.3 Å². The lowest BCUT2D eigenvalue weighted by Crippen LogP contribution is -2.48. The monoisotopic (exact) mass is 412 g/mol. The first-order valence-electron chi connectivity index (χ1n) is 10.2. The summed E-state index contributed by atoms with van der Waals surface area (Å²) in [5.41, 5.74) is 4.72. The van der Waals surface area contributed by atoms with Crippen molar-refractivity contribution in [2.24, 2.45) is 0 Å². The van der Waals surface area contributed by atoms with Gasteiger partial charge in [-0.3, -0.25) is 9.59 Å². The summed E-state index contributed by atoms with van der Waals surface area (Å²) in [7, 11) is 0. The van der Waals surface area contributed by atoms with Crippen LogP contribution in [-0.4, -0.2) is 35.1 Å². The van der Waals surface area contributed by atoms with E-state index in [0.29, 0.717) is 18.8 Å². The molecule has 4 nitrogen and oxygen atoms in total. The summed E-state index contributed by atoms with van der Waals surface area (Å²) < 4.78 is 0. The van der Waals surface area contributed by atoms with E-state index in [-0.39, 0.29) is 11.8 Å². The minimum atomic E-state index is -0.504. The Balaban J connectivity index is 2.03. The Hall–Kier alpha value is -2.27. The predicted octanol–water partition coefficient (Wildman–Crippen LogP) is 4.48. The van der Waals surface area contributed by atoms with Gasteiger partial charge in [0.1, 0.15) is 6.04 Å². The van der Waals surface area contributed by atoms with Crippen LogP contribution in [-0.2, 0) is 21.9 Å². The number of aryl methyl sites for hydroxylation is 2. The van der Waals surface area contributed by atoms with Crippen LogP contribution < -0.4 is 5.32 Å². The molecule has 0 bridgehead atoms. The molecule has 2 rings (SSSR count). The molecule has 0 spiro atoms. The zero-order valence-electron chi connectivity index (χ0n) is 17.9. The number of thioether (sulfide) groups is 1. The maximum atomic E-state index is 13.0. The molecule has 1 N–H and O–H groups in total. The Labute approximate surface area is 179 Å². The number of nitrogens with zero attached hydrogens (tertiary/aromatic N) is 1. The first-order valence-corrected chi connectivity index (χ1v) is 11.3. The summed E-state index contributed by atoms with van der Waals surface area (Å²) in [6, 6.07) is 15.8. The third-order valence-electron chi connectivity index (χ3n) is 4.69. The highest BCUT2D eigenvalue weighted by atomic mass is 32.2. The van der Waals surface area contributed by atoms with Gasteiger partial charge in [-0.1, -0.05) is 66.6 Å². The molecule has 2 aromatic carbocycles. The van der Waals surface area contributed by atoms with Crippen molar-refractivity contribution in [3.05, 3.63) is 70.8 Å². The predicted molar refractivity (Wildman–Crippen MR) is 122 cm³/mol. The fraction of sp³-hybridized carbons (Fsp3) is 0.417. The third-order valence-corrected chi connectivity index (χ3v) is 5.68. The van der Waals surface area contributed by atoms with E-state index in [0.717, 1.165) is 17.7 Å². The number of amides is 2. The second kappa shape index (κ2) is 11.7. The van der Waals surface area contributed by atoms with Gasteiger partial charge in [0.05, 0.1) is 5.75 Å². The number of nitrogens with one attached hydrogen (secondary N) is 1. The summed E-state index contributed by atoms with van der Waals surface area (Å²) in [6.07, 6.45) is 0.872. The van der Waals surface area contributed by atoms with Crippen LogP contribution in [0, 0.1) is 13.8 Å². The molecule has 2 aromatic rings. The van der Waals surface area contributed by atoms with Crippen molar-refractivity contribution >= 4 is 23.6 Å². The van der Waals surface area contributed by atoms with Gasteiger partial charge in [-0.15, -0.1) is 11.8 Å². The first kappa shape index (κ1) is 23.0. The molecule has 0 unspecified atom stereocenters. The molecule has 0 heterocycles. The van der Waals surface area contributed by atoms with Crippen LogP contribution in [0.3, 0.4) is 0 Å². The van der Waals surface area contributed by atoms with Crippen LogP contribution in [0.4, 0.5) is 0 Å². The normalized spacial score (nSPS) is 11.7. The Morgan fingerprint density at radius 3 is 2.31 bits per heavy atom. The van der Waals surface area contributed by atoms with Crippen LogP contribution in [0.15, 0.2) is 48.5 Å². The molecule has 0 aliphatic rings. The third kappa shape index (κ3) is 7.58. The maximum absolute atomic E-state index is 13.0. The average Bonchev–Trinajstić information content (AvgIpc) is 2.69. The molecule has 0 aliphatic carbocycles. The van der Waals surface area contributed by atoms with Gasteiger partial charge in [0.15, 0.2) is 0 Å². The Kier molecular flexibility index (Phi) is 9.26. The summed E-state index contributed by atoms with van der Waals surface area (Å²) >= 11 is 1.59. The second-order valence-electron chi connectivity index (χ2n) is 7.46. The smallest absolute Gasteiger partial charge is 0.242 e. The molecule has 0 fully saturated rings. The molecule has 0 aliphatic heterocycles. The molecule has 5 heteroatoms. The zero-order valence-corrected chi connectivity index (χ0v) is 18.7. The maximum Gasteiger partial charge on any atom is 0.242 e. The van der Waals surface area contributed by atoms with Crippen LogP contribution in [0.2, 0.25) is 0 Å². The number of benzene rings is 2. The molecular weight excluding hydrogens is 380 g/mol. The standard InChI is InChI=1S/C24H32N2O2S/c1-5-11-25-24(28)20(4)26(15-21-9-7-6-8-10-21)23(27)17-29-16-22-13-18(2)12-19(3)14-22/h6-10,12-14,20H,5,11,15-17H2,1-4H3,(H,25,28)/t20-/m1/s1. The van der Waals surface area contributed by atoms with E-state index in [9.17, 15) is 9.59 Å². The first-order chi connectivity index (χ1) is 13.9. The SMILES string of the molecule is CCCNC(=O)[C@@H](C)N(Cc1ccccc1)C(=O)CSCc1cc(C)cc(C)c1. The highest BCUT2D eigenvalue weighted by Crippen LogP contribution is 2.18. The van der Waals surface area contributed by atoms with Crippen molar-refractivity contribution in [1.29, 1.82) is 0 Å². The molecular formula is C24H32N2O2S. The zero-order chi connectivity index (χ0) is 21.2. The molecule has 0 saturated heterocycles. The van der Waals surface area contributed by atoms with Gasteiger partial charge in [-0.25, -0.2) is 0 Å². The molecule has 0 aromatic heterocycles. The number of rotatable bonds is 10. The van der Waals surface area contributed by atoms with E-state index in [1.165, 1.54) is 16.7 Å². The molecule has 2 amide bonds. The van der Waals surface area contributed by atoms with E-state index in [1.54, 1.807) is 23.6 Å². The topological polar surface area (TPSA) is 49.4 Å². The largest absolute Gasteiger partial charge is 0.354 e. The number of carbonyl (C=O) groups is 2. The van der Waals surface area contributed by atoms with Crippen LogP contribution in [0.1, 0.15) is 42.5 Å². The van der Waals surface area contributed by atoms with Gasteiger partial charge in [0.2, 0.25) is 11.8 Å². The van der Waals surface area contributed by atoms with Crippen molar-refractivity contribution in [3.8, 4) is 0 Å². The lowest BCUT2D eigenvalue weighted by molar-refractivity contribution is -0.138. The summed E-state index contributed by atoms with van der Waals surface area (Å²) in [4.78, 5) is 27.2. The molecule has 156 valence electrons. The number of hydrogen-bond donors (Lipinski definition) is 1. The Morgan fingerprint density at radius 1 is 1.03 bits per heavy atom. The molecule has 0 saturated carbocycles. The van der Waals surface area contributed by atoms with Crippen LogP contribution in [0.25, 0.3) is 0 Å². The highest BCUT2D eigenvalue weighted by molar-refractivity contribution is 7.99. The van der Waals surface area contributed by atoms with Crippen molar-refractivity contribution in [1.82, 2.24) is 10.2 Å². The van der Waals surface area contributed by atoms with E-state index in [2.05, 4.69) is 37.4 Å². The summed E-state index contributed by atoms with van der Waals surface area (Å²) in [5.74, 6) is 1.02. The lowest BCUT2D eigenvalue weighted by atomic mass is 10.1. The minimum absolute atomic E-state index is 0.0117. The van der Waals surface area contributed by atoms with Gasteiger partial charge >= 0.3 is 0 Å². The number of carbonyl (C=O) groups excluding carboxylic acids is 2. The van der Waals surface area contributed by atoms with Gasteiger partial charge in [0, 0.05) is 18.8 Å². The second-order valence-corrected chi connectivity index (χ2v) is 8.45. The van der Waals surface area contributed by atoms with Crippen molar-refractivity contribution < 1.29 is 9.59 Å². The minimum Gasteiger partial charge on any atom is -0.354 e. The van der Waals surface area contributed by atoms with Crippen LogP contribution in [0.5, 0.6) is 0 Å². The van der Waals surface area contributed by atoms with Crippen LogP contribution >= 0.6 is 11.8 Å². The van der Waals surface area contributed by atoms with E-state index in [1.807, 2.05) is 37.3 Å². The quantitative estimate of drug-likeness (QED) is 0.626. The molecule has 1 atom stereocenters. The fourth-order valence-corrected chi connectivity index (χ4v) is 4.09. The highest BCUT2D eigenvalue weighted by Gasteiger charge is 2.25. The van der Waals surface area contributed by atoms with Gasteiger partial charge in [0.25, 0.3) is 0 Å². The molecule has 29 heavy (non-hydrogen) atoms. The summed E-state index contributed by atoms with van der Waals surface area (Å²) in [6.45, 7) is 9.05. The van der Waals surface area contributed by atoms with Gasteiger partial charge < -0.3 is 10.2 Å². The van der Waals surface area contributed by atoms with Crippen molar-refractivity contribution in [2.45, 2.75) is 52.5 Å². The fourth-order valence-electron chi connectivity index (χ4n) is 3.25. The lowest BCUT2D eigenvalue weighted by Gasteiger charge is -2.28. The summed E-state index contributed by atoms with van der Waals surface area (Å²) in [5, 5.41) is 2.91. The molecule has 0 radical (unpaired) electrons. The van der Waals surface area contributed by atoms with E-state index >= 15 is 0 Å².